The Morgan fingerprint density at radius 1 is 1.04 bits per heavy atom. The largest absolute Gasteiger partial charge is 0.329 e. The lowest BCUT2D eigenvalue weighted by Crippen LogP contribution is -2.17. The number of hydrogen-bond donors (Lipinski definition) is 1. The maximum absolute atomic E-state index is 12.4. The van der Waals surface area contributed by atoms with Gasteiger partial charge in [-0.05, 0) is 30.3 Å². The van der Waals surface area contributed by atoms with Crippen LogP contribution < -0.4 is 10.2 Å². The van der Waals surface area contributed by atoms with Gasteiger partial charge in [0.05, 0.1) is 0 Å². The zero-order valence-corrected chi connectivity index (χ0v) is 13.7. The van der Waals surface area contributed by atoms with Gasteiger partial charge in [0.2, 0.25) is 0 Å². The molecule has 0 aliphatic rings. The Morgan fingerprint density at radius 2 is 1.83 bits per heavy atom. The molecular weight excluding hydrogens is 324 g/mol. The molecule has 0 spiro atoms. The Morgan fingerprint density at radius 3 is 2.58 bits per heavy atom. The van der Waals surface area contributed by atoms with E-state index in [4.69, 9.17) is 11.6 Å². The van der Waals surface area contributed by atoms with E-state index in [0.29, 0.717) is 16.5 Å². The molecule has 0 saturated carbocycles. The van der Waals surface area contributed by atoms with E-state index in [0.717, 1.165) is 5.69 Å². The highest BCUT2D eigenvalue weighted by atomic mass is 35.5. The summed E-state index contributed by atoms with van der Waals surface area (Å²) in [5, 5.41) is 3.33. The predicted molar refractivity (Wildman–Crippen MR) is 95.9 cm³/mol. The summed E-state index contributed by atoms with van der Waals surface area (Å²) in [6.45, 7) is 0. The third-order valence-electron chi connectivity index (χ3n) is 3.45. The third-order valence-corrected chi connectivity index (χ3v) is 3.69. The fourth-order valence-electron chi connectivity index (χ4n) is 2.20. The average molecular weight is 339 g/mol. The number of amides is 1. The van der Waals surface area contributed by atoms with E-state index in [1.807, 2.05) is 42.3 Å². The van der Waals surface area contributed by atoms with Crippen molar-refractivity contribution in [1.82, 2.24) is 9.97 Å². The summed E-state index contributed by atoms with van der Waals surface area (Å²) in [6, 6.07) is 18.4. The number of nitrogens with one attached hydrogen (secondary N) is 1. The van der Waals surface area contributed by atoms with Crippen LogP contribution in [0.25, 0.3) is 0 Å². The Kier molecular flexibility index (Phi) is 4.72. The summed E-state index contributed by atoms with van der Waals surface area (Å²) < 4.78 is 0. The predicted octanol–water partition coefficient (Wildman–Crippen LogP) is 4.15. The molecule has 24 heavy (non-hydrogen) atoms. The number of hydrogen-bond acceptors (Lipinski definition) is 4. The van der Waals surface area contributed by atoms with Gasteiger partial charge in [0, 0.05) is 29.5 Å². The molecule has 3 aromatic rings. The Labute approximate surface area is 144 Å². The molecule has 1 heterocycles. The topological polar surface area (TPSA) is 58.1 Å². The average Bonchev–Trinajstić information content (AvgIpc) is 2.62. The van der Waals surface area contributed by atoms with Crippen molar-refractivity contribution in [3.05, 3.63) is 77.7 Å². The third kappa shape index (κ3) is 3.70. The van der Waals surface area contributed by atoms with E-state index in [2.05, 4.69) is 15.3 Å². The first kappa shape index (κ1) is 16.0. The number of nitrogens with zero attached hydrogens (tertiary/aromatic N) is 3. The van der Waals surface area contributed by atoms with E-state index in [9.17, 15) is 4.79 Å². The second-order valence-corrected chi connectivity index (χ2v) is 5.56. The number of halogens is 1. The van der Waals surface area contributed by atoms with E-state index in [1.165, 1.54) is 6.33 Å². The van der Waals surface area contributed by atoms with Crippen LogP contribution in [0.1, 0.15) is 10.5 Å². The van der Waals surface area contributed by atoms with Gasteiger partial charge in [0.15, 0.2) is 0 Å². The maximum atomic E-state index is 12.4. The highest BCUT2D eigenvalue weighted by Gasteiger charge is 2.12. The maximum Gasteiger partial charge on any atom is 0.274 e. The molecule has 0 bridgehead atoms. The first-order valence-corrected chi connectivity index (χ1v) is 7.69. The second kappa shape index (κ2) is 7.10. The lowest BCUT2D eigenvalue weighted by Gasteiger charge is -2.18. The van der Waals surface area contributed by atoms with Crippen molar-refractivity contribution in [2.75, 3.05) is 17.3 Å². The fourth-order valence-corrected chi connectivity index (χ4v) is 2.39. The van der Waals surface area contributed by atoms with Crippen LogP contribution in [0.4, 0.5) is 17.2 Å². The van der Waals surface area contributed by atoms with E-state index >= 15 is 0 Å². The minimum absolute atomic E-state index is 0.280. The van der Waals surface area contributed by atoms with Crippen molar-refractivity contribution in [1.29, 1.82) is 0 Å². The molecule has 1 amide bonds. The Balaban J connectivity index is 1.81. The van der Waals surface area contributed by atoms with Crippen molar-refractivity contribution < 1.29 is 4.79 Å². The monoisotopic (exact) mass is 338 g/mol. The van der Waals surface area contributed by atoms with Crippen molar-refractivity contribution in [2.45, 2.75) is 0 Å². The van der Waals surface area contributed by atoms with Crippen LogP contribution in [0.5, 0.6) is 0 Å². The van der Waals surface area contributed by atoms with Crippen LogP contribution in [0.15, 0.2) is 67.0 Å². The molecule has 1 aromatic heterocycles. The minimum Gasteiger partial charge on any atom is -0.329 e. The number of benzene rings is 2. The standard InChI is InChI=1S/C18H15ClN4O/c1-23(15-8-3-2-4-9-15)17-11-16(20-12-21-17)18(24)22-14-7-5-6-13(19)10-14/h2-12H,1H3,(H,22,24). The molecule has 0 aliphatic heterocycles. The zero-order chi connectivity index (χ0) is 16.9. The van der Waals surface area contributed by atoms with Gasteiger partial charge in [-0.3, -0.25) is 4.79 Å². The number of rotatable bonds is 4. The molecule has 2 aromatic carbocycles. The summed E-state index contributed by atoms with van der Waals surface area (Å²) >= 11 is 5.93. The van der Waals surface area contributed by atoms with Crippen LogP contribution in [0, 0.1) is 0 Å². The van der Waals surface area contributed by atoms with Crippen LogP contribution >= 0.6 is 11.6 Å². The molecular formula is C18H15ClN4O. The van der Waals surface area contributed by atoms with Gasteiger partial charge in [-0.2, -0.15) is 0 Å². The molecule has 0 fully saturated rings. The fraction of sp³-hybridized carbons (Fsp3) is 0.0556. The Hall–Kier alpha value is -2.92. The summed E-state index contributed by atoms with van der Waals surface area (Å²) in [4.78, 5) is 22.5. The van der Waals surface area contributed by atoms with Crippen molar-refractivity contribution in [2.24, 2.45) is 0 Å². The van der Waals surface area contributed by atoms with Crippen LogP contribution in [-0.4, -0.2) is 22.9 Å². The van der Waals surface area contributed by atoms with Crippen molar-refractivity contribution >= 4 is 34.7 Å². The first-order valence-electron chi connectivity index (χ1n) is 7.31. The molecule has 5 nitrogen and oxygen atoms in total. The number of aromatic nitrogens is 2. The highest BCUT2D eigenvalue weighted by molar-refractivity contribution is 6.30. The molecule has 0 saturated heterocycles. The van der Waals surface area contributed by atoms with Crippen LogP contribution in [0.2, 0.25) is 5.02 Å². The number of para-hydroxylation sites is 1. The van der Waals surface area contributed by atoms with Crippen LogP contribution in [0.3, 0.4) is 0 Å². The molecule has 0 unspecified atom stereocenters. The normalized spacial score (nSPS) is 10.2. The molecule has 6 heteroatoms. The summed E-state index contributed by atoms with van der Waals surface area (Å²) in [6.07, 6.45) is 1.38. The summed E-state index contributed by atoms with van der Waals surface area (Å²) in [5.74, 6) is 0.315. The lowest BCUT2D eigenvalue weighted by atomic mass is 10.2. The van der Waals surface area contributed by atoms with Crippen molar-refractivity contribution in [3.63, 3.8) is 0 Å². The van der Waals surface area contributed by atoms with Gasteiger partial charge in [0.25, 0.3) is 5.91 Å². The Bertz CT molecular complexity index is 854. The number of carbonyl (C=O) groups excluding carboxylic acids is 1. The van der Waals surface area contributed by atoms with Crippen molar-refractivity contribution in [3.8, 4) is 0 Å². The van der Waals surface area contributed by atoms with Gasteiger partial charge >= 0.3 is 0 Å². The lowest BCUT2D eigenvalue weighted by molar-refractivity contribution is 0.102. The first-order chi connectivity index (χ1) is 11.6. The molecule has 3 rings (SSSR count). The molecule has 0 atom stereocenters. The van der Waals surface area contributed by atoms with Gasteiger partial charge in [-0.1, -0.05) is 35.9 Å². The molecule has 120 valence electrons. The van der Waals surface area contributed by atoms with Gasteiger partial charge in [0.1, 0.15) is 17.8 Å². The van der Waals surface area contributed by atoms with Crippen LogP contribution in [-0.2, 0) is 0 Å². The van der Waals surface area contributed by atoms with Gasteiger partial charge in [-0.15, -0.1) is 0 Å². The van der Waals surface area contributed by atoms with Gasteiger partial charge in [-0.25, -0.2) is 9.97 Å². The molecule has 0 aliphatic carbocycles. The summed E-state index contributed by atoms with van der Waals surface area (Å²) in [5.41, 5.74) is 1.87. The quantitative estimate of drug-likeness (QED) is 0.776. The molecule has 0 radical (unpaired) electrons. The second-order valence-electron chi connectivity index (χ2n) is 5.12. The number of carbonyl (C=O) groups is 1. The minimum atomic E-state index is -0.317. The number of anilines is 3. The van der Waals surface area contributed by atoms with Gasteiger partial charge < -0.3 is 10.2 Å². The van der Waals surface area contributed by atoms with E-state index < -0.39 is 0 Å². The van der Waals surface area contributed by atoms with E-state index in [-0.39, 0.29) is 11.6 Å². The smallest absolute Gasteiger partial charge is 0.274 e. The molecule has 1 N–H and O–H groups in total. The zero-order valence-electron chi connectivity index (χ0n) is 13.0. The van der Waals surface area contributed by atoms with E-state index in [1.54, 1.807) is 30.3 Å². The SMILES string of the molecule is CN(c1ccccc1)c1cc(C(=O)Nc2cccc(Cl)c2)ncn1. The highest BCUT2D eigenvalue weighted by Crippen LogP contribution is 2.21. The summed E-state index contributed by atoms with van der Waals surface area (Å²) in [7, 11) is 1.89.